The molecule has 0 unspecified atom stereocenters. The van der Waals surface area contributed by atoms with Gasteiger partial charge in [0.25, 0.3) is 5.56 Å². The minimum absolute atomic E-state index is 0.0948. The third-order valence-corrected chi connectivity index (χ3v) is 5.96. The molecular weight excluding hydrogens is 460 g/mol. The van der Waals surface area contributed by atoms with Gasteiger partial charge < -0.3 is 4.98 Å². The molecule has 0 saturated heterocycles. The van der Waals surface area contributed by atoms with Crippen LogP contribution in [-0.2, 0) is 6.18 Å². The zero-order valence-corrected chi connectivity index (χ0v) is 17.8. The summed E-state index contributed by atoms with van der Waals surface area (Å²) in [7, 11) is 0. The van der Waals surface area contributed by atoms with Gasteiger partial charge >= 0.3 is 6.18 Å². The van der Waals surface area contributed by atoms with E-state index in [1.807, 2.05) is 24.3 Å². The van der Waals surface area contributed by atoms with Crippen molar-refractivity contribution < 1.29 is 17.6 Å². The molecule has 0 amide bonds. The highest BCUT2D eigenvalue weighted by Crippen LogP contribution is 2.34. The molecule has 5 nitrogen and oxygen atoms in total. The van der Waals surface area contributed by atoms with Gasteiger partial charge in [0.05, 0.1) is 22.3 Å². The largest absolute Gasteiger partial charge is 0.419 e. The molecule has 0 aliphatic heterocycles. The Labute approximate surface area is 194 Å². The number of halogens is 4. The SMILES string of the molecule is O=c1ccc2cnc3ccc(-c4cnc5[nH]ccc5c4)cc3c2n1-c1ccc(F)c(C(F)(F)F)c1. The maximum atomic E-state index is 14.0. The van der Waals surface area contributed by atoms with Gasteiger partial charge in [0.15, 0.2) is 0 Å². The van der Waals surface area contributed by atoms with Crippen molar-refractivity contribution in [2.24, 2.45) is 0 Å². The van der Waals surface area contributed by atoms with Gasteiger partial charge in [0.2, 0.25) is 0 Å². The molecule has 0 radical (unpaired) electrons. The normalized spacial score (nSPS) is 12.1. The van der Waals surface area contributed by atoms with E-state index in [1.165, 1.54) is 6.07 Å². The lowest BCUT2D eigenvalue weighted by atomic mass is 10.0. The van der Waals surface area contributed by atoms with Gasteiger partial charge in [-0.3, -0.25) is 14.3 Å². The number of H-pyrrole nitrogens is 1. The molecule has 6 rings (SSSR count). The van der Waals surface area contributed by atoms with Gasteiger partial charge in [-0.2, -0.15) is 13.2 Å². The number of benzene rings is 2. The lowest BCUT2D eigenvalue weighted by Crippen LogP contribution is -2.19. The maximum Gasteiger partial charge on any atom is 0.419 e. The third kappa shape index (κ3) is 3.43. The van der Waals surface area contributed by atoms with Crippen LogP contribution in [0.4, 0.5) is 17.6 Å². The monoisotopic (exact) mass is 474 g/mol. The van der Waals surface area contributed by atoms with Gasteiger partial charge in [-0.05, 0) is 54.1 Å². The third-order valence-electron chi connectivity index (χ3n) is 5.96. The Morgan fingerprint density at radius 1 is 0.829 bits per heavy atom. The van der Waals surface area contributed by atoms with Crippen molar-refractivity contribution >= 4 is 32.8 Å². The van der Waals surface area contributed by atoms with Crippen molar-refractivity contribution in [1.82, 2.24) is 19.5 Å². The number of hydrogen-bond donors (Lipinski definition) is 1. The number of pyridine rings is 3. The molecule has 0 fully saturated rings. The number of nitrogens with one attached hydrogen (secondary N) is 1. The van der Waals surface area contributed by atoms with Gasteiger partial charge in [0, 0.05) is 46.4 Å². The predicted octanol–water partition coefficient (Wildman–Crippen LogP) is 6.24. The van der Waals surface area contributed by atoms with E-state index in [1.54, 1.807) is 30.7 Å². The Balaban J connectivity index is 1.66. The average Bonchev–Trinajstić information content (AvgIpc) is 3.31. The lowest BCUT2D eigenvalue weighted by molar-refractivity contribution is -0.140. The Hall–Kier alpha value is -4.53. The summed E-state index contributed by atoms with van der Waals surface area (Å²) in [6.45, 7) is 0. The van der Waals surface area contributed by atoms with Gasteiger partial charge in [-0.15, -0.1) is 0 Å². The first-order valence-corrected chi connectivity index (χ1v) is 10.5. The van der Waals surface area contributed by atoms with Gasteiger partial charge in [-0.25, -0.2) is 9.37 Å². The van der Waals surface area contributed by atoms with E-state index >= 15 is 0 Å². The first kappa shape index (κ1) is 21.0. The molecule has 4 heterocycles. The molecule has 1 N–H and O–H groups in total. The fourth-order valence-electron chi connectivity index (χ4n) is 4.31. The fraction of sp³-hybridized carbons (Fsp3) is 0.0385. The summed E-state index contributed by atoms with van der Waals surface area (Å²) in [6.07, 6.45) is 0.140. The van der Waals surface area contributed by atoms with E-state index in [-0.39, 0.29) is 5.69 Å². The molecule has 0 aliphatic carbocycles. The zero-order valence-electron chi connectivity index (χ0n) is 17.8. The summed E-state index contributed by atoms with van der Waals surface area (Å²) in [5.41, 5.74) is 1.20. The van der Waals surface area contributed by atoms with Crippen LogP contribution in [0, 0.1) is 5.82 Å². The topological polar surface area (TPSA) is 63.6 Å². The molecule has 4 aromatic heterocycles. The highest BCUT2D eigenvalue weighted by Gasteiger charge is 2.34. The summed E-state index contributed by atoms with van der Waals surface area (Å²) >= 11 is 0. The standard InChI is InChI=1S/C26H14F4N4O/c27-21-4-3-18(11-20(21)26(28,29)30)34-23(35)6-2-16-12-32-22-5-1-14(10-19(22)24(16)34)17-9-15-7-8-31-25(15)33-13-17/h1-13H,(H,31,33). The molecule has 0 saturated carbocycles. The van der Waals surface area contributed by atoms with E-state index in [4.69, 9.17) is 0 Å². The maximum absolute atomic E-state index is 14.0. The molecular formula is C26H14F4N4O. The highest BCUT2D eigenvalue weighted by molar-refractivity contribution is 6.05. The zero-order chi connectivity index (χ0) is 24.3. The van der Waals surface area contributed by atoms with E-state index in [2.05, 4.69) is 15.0 Å². The second-order valence-corrected chi connectivity index (χ2v) is 8.10. The van der Waals surface area contributed by atoms with Gasteiger partial charge in [-0.1, -0.05) is 6.07 Å². The molecule has 6 aromatic rings. The summed E-state index contributed by atoms with van der Waals surface area (Å²) in [5.74, 6) is -1.41. The number of rotatable bonds is 2. The van der Waals surface area contributed by atoms with Crippen LogP contribution < -0.4 is 5.56 Å². The molecule has 35 heavy (non-hydrogen) atoms. The van der Waals surface area contributed by atoms with Crippen LogP contribution in [0.25, 0.3) is 49.7 Å². The number of fused-ring (bicyclic) bond motifs is 4. The molecule has 0 spiro atoms. The van der Waals surface area contributed by atoms with Crippen molar-refractivity contribution in [2.45, 2.75) is 6.18 Å². The van der Waals surface area contributed by atoms with E-state index in [0.29, 0.717) is 27.9 Å². The Kier molecular flexibility index (Phi) is 4.50. The second-order valence-electron chi connectivity index (χ2n) is 8.10. The summed E-state index contributed by atoms with van der Waals surface area (Å²) in [4.78, 5) is 24.8. The van der Waals surface area contributed by atoms with Crippen LogP contribution in [0.1, 0.15) is 5.56 Å². The van der Waals surface area contributed by atoms with E-state index in [0.717, 1.165) is 38.9 Å². The number of aromatic amines is 1. The highest BCUT2D eigenvalue weighted by atomic mass is 19.4. The minimum Gasteiger partial charge on any atom is -0.346 e. The first-order chi connectivity index (χ1) is 16.8. The van der Waals surface area contributed by atoms with Crippen LogP contribution in [-0.4, -0.2) is 19.5 Å². The first-order valence-electron chi connectivity index (χ1n) is 10.5. The smallest absolute Gasteiger partial charge is 0.346 e. The Morgan fingerprint density at radius 3 is 2.51 bits per heavy atom. The number of alkyl halides is 3. The predicted molar refractivity (Wildman–Crippen MR) is 125 cm³/mol. The van der Waals surface area contributed by atoms with E-state index in [9.17, 15) is 22.4 Å². The molecule has 172 valence electrons. The van der Waals surface area contributed by atoms with Crippen LogP contribution >= 0.6 is 0 Å². The number of aromatic nitrogens is 4. The summed E-state index contributed by atoms with van der Waals surface area (Å²) in [5, 5.41) is 2.03. The quantitative estimate of drug-likeness (QED) is 0.239. The molecule has 0 atom stereocenters. The molecule has 0 bridgehead atoms. The van der Waals surface area contributed by atoms with E-state index < -0.39 is 23.1 Å². The van der Waals surface area contributed by atoms with Crippen molar-refractivity contribution in [1.29, 1.82) is 0 Å². The minimum atomic E-state index is -4.91. The lowest BCUT2D eigenvalue weighted by Gasteiger charge is -2.15. The second kappa shape index (κ2) is 7.49. The summed E-state index contributed by atoms with van der Waals surface area (Å²) in [6, 6.07) is 14.7. The van der Waals surface area contributed by atoms with Crippen LogP contribution in [0.3, 0.4) is 0 Å². The number of hydrogen-bond acceptors (Lipinski definition) is 3. The number of nitrogens with zero attached hydrogens (tertiary/aromatic N) is 3. The van der Waals surface area contributed by atoms with Crippen LogP contribution in [0.2, 0.25) is 0 Å². The Morgan fingerprint density at radius 2 is 1.69 bits per heavy atom. The van der Waals surface area contributed by atoms with Gasteiger partial charge in [0.1, 0.15) is 11.5 Å². The average molecular weight is 474 g/mol. The van der Waals surface area contributed by atoms with Crippen molar-refractivity contribution in [3.63, 3.8) is 0 Å². The fourth-order valence-corrected chi connectivity index (χ4v) is 4.31. The molecule has 9 heteroatoms. The van der Waals surface area contributed by atoms with Crippen LogP contribution in [0.15, 0.2) is 84.0 Å². The molecule has 0 aliphatic rings. The van der Waals surface area contributed by atoms with Crippen molar-refractivity contribution in [2.75, 3.05) is 0 Å². The summed E-state index contributed by atoms with van der Waals surface area (Å²) < 4.78 is 55.3. The van der Waals surface area contributed by atoms with Crippen molar-refractivity contribution in [3.8, 4) is 16.8 Å². The Bertz CT molecular complexity index is 1840. The van der Waals surface area contributed by atoms with Crippen molar-refractivity contribution in [3.05, 3.63) is 101 Å². The molecule has 2 aromatic carbocycles. The van der Waals surface area contributed by atoms with Crippen LogP contribution in [0.5, 0.6) is 0 Å².